The molecular weight excluding hydrogens is 251 g/mol. The smallest absolute Gasteiger partial charge is 0.124 e. The van der Waals surface area contributed by atoms with Crippen LogP contribution in [-0.4, -0.2) is 32.1 Å². The third-order valence-electron chi connectivity index (χ3n) is 2.68. The van der Waals surface area contributed by atoms with Gasteiger partial charge < -0.3 is 10.2 Å². The molecule has 18 heavy (non-hydrogen) atoms. The summed E-state index contributed by atoms with van der Waals surface area (Å²) in [4.78, 5) is 2.17. The summed E-state index contributed by atoms with van der Waals surface area (Å²) in [5, 5.41) is 3.85. The molecule has 0 heterocycles. The Bertz CT molecular complexity index is 391. The first-order valence-corrected chi connectivity index (χ1v) is 6.47. The van der Waals surface area contributed by atoms with Crippen molar-refractivity contribution in [1.82, 2.24) is 10.2 Å². The van der Waals surface area contributed by atoms with Crippen LogP contribution in [0.3, 0.4) is 0 Å². The molecule has 0 amide bonds. The number of rotatable bonds is 6. The highest BCUT2D eigenvalue weighted by atomic mass is 35.5. The molecule has 0 spiro atoms. The third kappa shape index (κ3) is 5.34. The van der Waals surface area contributed by atoms with Gasteiger partial charge in [-0.25, -0.2) is 4.39 Å². The van der Waals surface area contributed by atoms with Crippen LogP contribution in [0.25, 0.3) is 0 Å². The largest absolute Gasteiger partial charge is 0.312 e. The molecule has 1 aromatic carbocycles. The minimum absolute atomic E-state index is 0.190. The van der Waals surface area contributed by atoms with Gasteiger partial charge in [0.05, 0.1) is 0 Å². The van der Waals surface area contributed by atoms with Crippen LogP contribution in [0, 0.1) is 11.2 Å². The van der Waals surface area contributed by atoms with Crippen LogP contribution in [0.2, 0.25) is 5.02 Å². The second-order valence-corrected chi connectivity index (χ2v) is 6.15. The van der Waals surface area contributed by atoms with E-state index in [-0.39, 0.29) is 11.2 Å². The van der Waals surface area contributed by atoms with Gasteiger partial charge in [0.15, 0.2) is 0 Å². The fraction of sp³-hybridized carbons (Fsp3) is 0.571. The summed E-state index contributed by atoms with van der Waals surface area (Å²) in [7, 11) is 4.14. The Balaban J connectivity index is 2.46. The van der Waals surface area contributed by atoms with Crippen molar-refractivity contribution in [1.29, 1.82) is 0 Å². The molecule has 1 N–H and O–H groups in total. The average molecular weight is 273 g/mol. The minimum atomic E-state index is -0.295. The number of hydrogen-bond donors (Lipinski definition) is 1. The Kier molecular flexibility index (Phi) is 5.57. The lowest BCUT2D eigenvalue weighted by Gasteiger charge is -2.28. The highest BCUT2D eigenvalue weighted by Crippen LogP contribution is 2.18. The standard InChI is InChI=1S/C14H22ClFN2/c1-14(2,10-18(3)4)9-17-8-11-5-6-12(16)7-13(11)15/h5-7,17H,8-10H2,1-4H3. The molecule has 0 fully saturated rings. The molecule has 2 nitrogen and oxygen atoms in total. The predicted molar refractivity (Wildman–Crippen MR) is 75.5 cm³/mol. The number of nitrogens with zero attached hydrogens (tertiary/aromatic N) is 1. The van der Waals surface area contributed by atoms with Gasteiger partial charge in [0.1, 0.15) is 5.82 Å². The molecule has 1 rings (SSSR count). The molecule has 1 aromatic rings. The first-order valence-electron chi connectivity index (χ1n) is 6.09. The van der Waals surface area contributed by atoms with Gasteiger partial charge in [0, 0.05) is 24.7 Å². The topological polar surface area (TPSA) is 15.3 Å². The van der Waals surface area contributed by atoms with Crippen molar-refractivity contribution in [2.45, 2.75) is 20.4 Å². The summed E-state index contributed by atoms with van der Waals surface area (Å²) in [5.74, 6) is -0.295. The maximum atomic E-state index is 12.9. The zero-order chi connectivity index (χ0) is 13.8. The average Bonchev–Trinajstić information content (AvgIpc) is 2.19. The lowest BCUT2D eigenvalue weighted by atomic mass is 9.93. The van der Waals surface area contributed by atoms with E-state index in [9.17, 15) is 4.39 Å². The van der Waals surface area contributed by atoms with E-state index in [1.54, 1.807) is 6.07 Å². The lowest BCUT2D eigenvalue weighted by molar-refractivity contribution is 0.232. The van der Waals surface area contributed by atoms with E-state index in [1.807, 2.05) is 0 Å². The van der Waals surface area contributed by atoms with Crippen molar-refractivity contribution < 1.29 is 4.39 Å². The molecule has 0 unspecified atom stereocenters. The number of nitrogens with one attached hydrogen (secondary N) is 1. The molecule has 102 valence electrons. The normalized spacial score (nSPS) is 12.2. The Hall–Kier alpha value is -0.640. The van der Waals surface area contributed by atoms with Crippen LogP contribution in [0.15, 0.2) is 18.2 Å². The van der Waals surface area contributed by atoms with Gasteiger partial charge in [-0.15, -0.1) is 0 Å². The first kappa shape index (κ1) is 15.4. The van der Waals surface area contributed by atoms with E-state index in [0.29, 0.717) is 11.6 Å². The van der Waals surface area contributed by atoms with Crippen LogP contribution in [0.4, 0.5) is 4.39 Å². The zero-order valence-electron chi connectivity index (χ0n) is 11.6. The quantitative estimate of drug-likeness (QED) is 0.856. The van der Waals surface area contributed by atoms with Crippen LogP contribution >= 0.6 is 11.6 Å². The van der Waals surface area contributed by atoms with Gasteiger partial charge in [-0.1, -0.05) is 31.5 Å². The van der Waals surface area contributed by atoms with Gasteiger partial charge >= 0.3 is 0 Å². The molecule has 0 aliphatic rings. The molecule has 0 saturated carbocycles. The van der Waals surface area contributed by atoms with E-state index >= 15 is 0 Å². The van der Waals surface area contributed by atoms with Gasteiger partial charge in [0.2, 0.25) is 0 Å². The van der Waals surface area contributed by atoms with E-state index in [0.717, 1.165) is 18.7 Å². The van der Waals surface area contributed by atoms with E-state index in [2.05, 4.69) is 38.2 Å². The minimum Gasteiger partial charge on any atom is -0.312 e. The van der Waals surface area contributed by atoms with Gasteiger partial charge in [-0.05, 0) is 37.2 Å². The Morgan fingerprint density at radius 2 is 2.00 bits per heavy atom. The lowest BCUT2D eigenvalue weighted by Crippen LogP contribution is -2.37. The molecule has 0 aliphatic heterocycles. The van der Waals surface area contributed by atoms with E-state index in [4.69, 9.17) is 11.6 Å². The van der Waals surface area contributed by atoms with Crippen molar-refractivity contribution in [2.24, 2.45) is 5.41 Å². The molecule has 0 aliphatic carbocycles. The van der Waals surface area contributed by atoms with E-state index < -0.39 is 0 Å². The van der Waals surface area contributed by atoms with Crippen molar-refractivity contribution in [3.8, 4) is 0 Å². The van der Waals surface area contributed by atoms with Crippen LogP contribution in [0.1, 0.15) is 19.4 Å². The van der Waals surface area contributed by atoms with Crippen LogP contribution in [-0.2, 0) is 6.54 Å². The molecule has 0 bridgehead atoms. The second-order valence-electron chi connectivity index (χ2n) is 5.74. The summed E-state index contributed by atoms with van der Waals surface area (Å²) < 4.78 is 12.9. The maximum absolute atomic E-state index is 12.9. The summed E-state index contributed by atoms with van der Waals surface area (Å²) in [6, 6.07) is 4.51. The predicted octanol–water partition coefficient (Wildman–Crippen LogP) is 3.16. The van der Waals surface area contributed by atoms with Crippen molar-refractivity contribution in [2.75, 3.05) is 27.2 Å². The second kappa shape index (κ2) is 6.50. The summed E-state index contributed by atoms with van der Waals surface area (Å²) >= 11 is 5.98. The molecule has 0 radical (unpaired) electrons. The summed E-state index contributed by atoms with van der Waals surface area (Å²) in [5.41, 5.74) is 1.12. The molecular formula is C14H22ClFN2. The van der Waals surface area contributed by atoms with E-state index in [1.165, 1.54) is 12.1 Å². The van der Waals surface area contributed by atoms with Crippen LogP contribution < -0.4 is 5.32 Å². The summed E-state index contributed by atoms with van der Waals surface area (Å²) in [6.07, 6.45) is 0. The fourth-order valence-electron chi connectivity index (χ4n) is 2.11. The van der Waals surface area contributed by atoms with Crippen LogP contribution in [0.5, 0.6) is 0 Å². The van der Waals surface area contributed by atoms with Gasteiger partial charge in [-0.3, -0.25) is 0 Å². The first-order chi connectivity index (χ1) is 8.30. The highest BCUT2D eigenvalue weighted by molar-refractivity contribution is 6.31. The Labute approximate surface area is 114 Å². The van der Waals surface area contributed by atoms with Gasteiger partial charge in [-0.2, -0.15) is 0 Å². The summed E-state index contributed by atoms with van der Waals surface area (Å²) in [6.45, 7) is 6.99. The maximum Gasteiger partial charge on any atom is 0.124 e. The Morgan fingerprint density at radius 1 is 1.33 bits per heavy atom. The highest BCUT2D eigenvalue weighted by Gasteiger charge is 2.18. The van der Waals surface area contributed by atoms with Gasteiger partial charge in [0.25, 0.3) is 0 Å². The monoisotopic (exact) mass is 272 g/mol. The van der Waals surface area contributed by atoms with Crippen molar-refractivity contribution in [3.05, 3.63) is 34.6 Å². The van der Waals surface area contributed by atoms with Crippen molar-refractivity contribution in [3.63, 3.8) is 0 Å². The third-order valence-corrected chi connectivity index (χ3v) is 3.03. The fourth-order valence-corrected chi connectivity index (χ4v) is 2.35. The molecule has 4 heteroatoms. The Morgan fingerprint density at radius 3 is 2.56 bits per heavy atom. The number of benzene rings is 1. The SMILES string of the molecule is CN(C)CC(C)(C)CNCc1ccc(F)cc1Cl. The molecule has 0 aromatic heterocycles. The van der Waals surface area contributed by atoms with Crippen molar-refractivity contribution >= 4 is 11.6 Å². The molecule has 0 atom stereocenters. The number of hydrogen-bond acceptors (Lipinski definition) is 2. The zero-order valence-corrected chi connectivity index (χ0v) is 12.3. The number of halogens is 2. The molecule has 0 saturated heterocycles.